The van der Waals surface area contributed by atoms with Crippen LogP contribution in [0.15, 0.2) is 0 Å². The monoisotopic (exact) mass is 952 g/mol. The second-order valence-electron chi connectivity index (χ2n) is 0. The summed E-state index contributed by atoms with van der Waals surface area (Å²) in [6, 6.07) is 0. The third-order valence-corrected chi connectivity index (χ3v) is 0. The van der Waals surface area contributed by atoms with E-state index in [1.54, 1.807) is 0 Å². The zero-order valence-electron chi connectivity index (χ0n) is 18.8. The number of hydrogen-bond acceptors (Lipinski definition) is 18. The molecule has 0 spiro atoms. The Hall–Kier alpha value is -4.97. The average Bonchev–Trinajstić information content (AvgIpc) is 3.13. The second kappa shape index (κ2) is 1640. The first-order valence-electron chi connectivity index (χ1n) is 4.02. The van der Waals surface area contributed by atoms with Gasteiger partial charge in [-0.25, -0.2) is 0 Å². The summed E-state index contributed by atoms with van der Waals surface area (Å²) < 4.78 is 0. The molecular weight excluding hydrogens is 950 g/mol. The maximum atomic E-state index is 6.25. The normalized spacial score (nSPS) is 0.878. The molecule has 0 rings (SSSR count). The van der Waals surface area contributed by atoms with Gasteiger partial charge in [-0.3, -0.25) is 0 Å². The van der Waals surface area contributed by atoms with Crippen LogP contribution in [0.3, 0.4) is 0 Å². The summed E-state index contributed by atoms with van der Waals surface area (Å²) >= 11 is 0. The van der Waals surface area contributed by atoms with Crippen molar-refractivity contribution in [2.24, 2.45) is 0 Å². The van der Waals surface area contributed by atoms with Gasteiger partial charge in [0.05, 0.1) is 0 Å². The second-order valence-corrected chi connectivity index (χ2v) is 0. The molecule has 0 saturated heterocycles. The molecule has 0 saturated carbocycles. The van der Waals surface area contributed by atoms with Crippen molar-refractivity contribution in [1.82, 2.24) is 0 Å². The van der Waals surface area contributed by atoms with E-state index < -0.39 is 0 Å². The minimum atomic E-state index is 0. The van der Waals surface area contributed by atoms with Crippen molar-refractivity contribution in [3.05, 3.63) is 118 Å². The number of rotatable bonds is 0. The van der Waals surface area contributed by atoms with Gasteiger partial charge in [0.25, 0.3) is 0 Å². The predicted molar refractivity (Wildman–Crippen MR) is 89.4 cm³/mol. The summed E-state index contributed by atoms with van der Waals surface area (Å²) in [5.41, 5.74) is 0. The third-order valence-electron chi connectivity index (χ3n) is 0. The Bertz CT molecular complexity index is 374. The molecule has 202 valence electrons. The molecule has 0 fully saturated rings. The third kappa shape index (κ3) is 1550. The van der Waals surface area contributed by atoms with Crippen molar-refractivity contribution in [3.63, 3.8) is 0 Å². The predicted octanol–water partition coefficient (Wildman–Crippen LogP) is 1.73. The van der Waals surface area contributed by atoms with Crippen LogP contribution in [-0.4, -0.2) is 0 Å². The van der Waals surface area contributed by atoms with Crippen LogP contribution in [0.25, 0.3) is 0 Å². The molecule has 0 bridgehead atoms. The van der Waals surface area contributed by atoms with Crippen molar-refractivity contribution in [3.8, 4) is 0 Å². The van der Waals surface area contributed by atoms with Crippen LogP contribution < -0.4 is 0 Å². The molecule has 0 amide bonds. The maximum Gasteiger partial charge on any atom is 4.00 e. The Morgan fingerprint density at radius 3 is 0.122 bits per heavy atom. The first-order valence-corrected chi connectivity index (χ1v) is 4.02. The standard InChI is InChI=1S/18CN.3Fe.2Gd/c18*1-2;;;;;/q18*-1;3*+4;2*+3. The first kappa shape index (κ1) is 260. The fourth-order valence-electron chi connectivity index (χ4n) is 0. The Morgan fingerprint density at radius 2 is 0.122 bits per heavy atom. The number of nitrogens with zero attached hydrogens (tertiary/aromatic N) is 18. The van der Waals surface area contributed by atoms with E-state index in [0.29, 0.717) is 0 Å². The van der Waals surface area contributed by atoms with Crippen LogP contribution in [-0.2, 0) is 51.2 Å². The molecule has 0 N–H and O–H groups in total. The summed E-state index contributed by atoms with van der Waals surface area (Å²) in [5, 5.41) is 112. The van der Waals surface area contributed by atoms with Crippen molar-refractivity contribution < 1.29 is 131 Å². The van der Waals surface area contributed by atoms with E-state index in [1.165, 1.54) is 0 Å². The van der Waals surface area contributed by atoms with E-state index in [-0.39, 0.29) is 131 Å². The molecule has 0 aliphatic heterocycles. The van der Waals surface area contributed by atoms with Gasteiger partial charge in [0.15, 0.2) is 0 Å². The molecule has 18 nitrogen and oxygen atoms in total. The molecule has 0 aliphatic rings. The van der Waals surface area contributed by atoms with E-state index in [2.05, 4.69) is 0 Å². The molecule has 0 heterocycles. The van der Waals surface area contributed by atoms with Gasteiger partial charge in [0.2, 0.25) is 0 Å². The van der Waals surface area contributed by atoms with Crippen LogP contribution >= 0.6 is 0 Å². The average molecular weight is 950 g/mol. The largest absolute Gasteiger partial charge is 4.00 e. The molecule has 41 heavy (non-hydrogen) atoms. The Morgan fingerprint density at radius 1 is 0.122 bits per heavy atom. The van der Waals surface area contributed by atoms with Gasteiger partial charge in [0.1, 0.15) is 0 Å². The van der Waals surface area contributed by atoms with Gasteiger partial charge in [-0.15, -0.1) is 0 Å². The van der Waals surface area contributed by atoms with Gasteiger partial charge in [-0.05, 0) is 0 Å². The molecule has 0 aliphatic carbocycles. The van der Waals surface area contributed by atoms with Crippen molar-refractivity contribution >= 4 is 0 Å². The van der Waals surface area contributed by atoms with Crippen LogP contribution in [0, 0.1) is 293 Å². The first-order chi connectivity index (χ1) is 18.0. The molecule has 2 radical (unpaired) electrons. The van der Waals surface area contributed by atoms with E-state index in [0.717, 1.165) is 0 Å². The van der Waals surface area contributed by atoms with Crippen molar-refractivity contribution in [2.75, 3.05) is 0 Å². The summed E-state index contributed by atoms with van der Waals surface area (Å²) in [6.07, 6.45) is 0. The Labute approximate surface area is 339 Å². The van der Waals surface area contributed by atoms with Crippen LogP contribution in [0.1, 0.15) is 0 Å². The minimum absolute atomic E-state index is 0. The molecule has 0 aromatic rings. The topological polar surface area (TPSA) is 428 Å². The fourth-order valence-corrected chi connectivity index (χ4v) is 0. The smallest absolute Gasteiger partial charge is 0.512 e. The molecule has 0 aromatic carbocycles. The SMILES string of the molecule is [C-]#N.[C-]#N.[C-]#N.[C-]#N.[C-]#N.[C-]#N.[C-]#N.[C-]#N.[C-]#N.[C-]#N.[C-]#N.[C-]#N.[C-]#N.[C-]#N.[C-]#N.[C-]#N.[C-]#N.[C-]#N.[Fe+4].[Fe+4].[Fe+4].[Gd+3].[Gd+3]. The molecule has 0 atom stereocenters. The van der Waals surface area contributed by atoms with E-state index >= 15 is 0 Å². The molecule has 0 aromatic heterocycles. The Balaban J connectivity index is -0.00000000396. The fraction of sp³-hybridized carbons (Fsp3) is 0. The quantitative estimate of drug-likeness (QED) is 0.246. The molecule has 0 unspecified atom stereocenters. The maximum absolute atomic E-state index is 6.25. The van der Waals surface area contributed by atoms with E-state index in [1.807, 2.05) is 0 Å². The van der Waals surface area contributed by atoms with E-state index in [4.69, 9.17) is 213 Å². The summed E-state index contributed by atoms with van der Waals surface area (Å²) in [4.78, 5) is 0. The van der Waals surface area contributed by atoms with E-state index in [9.17, 15) is 0 Å². The summed E-state index contributed by atoms with van der Waals surface area (Å²) in [5.74, 6) is 0. The Kier molecular flexibility index (Phi) is 10400. The van der Waals surface area contributed by atoms with Gasteiger partial charge in [0, 0.05) is 0 Å². The van der Waals surface area contributed by atoms with Crippen LogP contribution in [0.5, 0.6) is 0 Å². The molecular formula is C18Fe3Gd2N18. The minimum Gasteiger partial charge on any atom is -0.512 e. The molecule has 23 heteroatoms. The van der Waals surface area contributed by atoms with Gasteiger partial charge < -0.3 is 213 Å². The zero-order valence-corrected chi connectivity index (χ0v) is 26.7. The van der Waals surface area contributed by atoms with Crippen LogP contribution in [0.2, 0.25) is 0 Å². The zero-order chi connectivity index (χ0) is 36.0. The summed E-state index contributed by atoms with van der Waals surface area (Å²) in [6.45, 7) is 85.5. The van der Waals surface area contributed by atoms with Crippen LogP contribution in [0.4, 0.5) is 0 Å². The van der Waals surface area contributed by atoms with Gasteiger partial charge in [-0.1, -0.05) is 0 Å². The van der Waals surface area contributed by atoms with Crippen molar-refractivity contribution in [1.29, 1.82) is 94.7 Å². The number of hydrogen-bond donors (Lipinski definition) is 0. The van der Waals surface area contributed by atoms with Gasteiger partial charge >= 0.3 is 131 Å². The summed E-state index contributed by atoms with van der Waals surface area (Å²) in [7, 11) is 0. The van der Waals surface area contributed by atoms with Gasteiger partial charge in [-0.2, -0.15) is 0 Å². The van der Waals surface area contributed by atoms with Crippen molar-refractivity contribution in [2.45, 2.75) is 0 Å².